The van der Waals surface area contributed by atoms with Gasteiger partial charge in [-0.05, 0) is 80.6 Å². The third-order valence-electron chi connectivity index (χ3n) is 5.43. The normalized spacial score (nSPS) is 15.7. The average molecular weight is 542 g/mol. The molecule has 1 amide bonds. The number of ether oxygens (including phenoxy) is 2. The lowest BCUT2D eigenvalue weighted by Gasteiger charge is -2.13. The highest BCUT2D eigenvalue weighted by atomic mass is 35.5. The molecule has 0 saturated carbocycles. The summed E-state index contributed by atoms with van der Waals surface area (Å²) in [6.45, 7) is 7.17. The number of rotatable bonds is 8. The first-order chi connectivity index (χ1) is 17.4. The number of aliphatic imine (C=N–C) groups is 1. The lowest BCUT2D eigenvalue weighted by atomic mass is 10.1. The Kier molecular flexibility index (Phi) is 8.62. The summed E-state index contributed by atoms with van der Waals surface area (Å²) < 4.78 is 11.8. The fourth-order valence-corrected chi connectivity index (χ4v) is 5.07. The number of aryl methyl sites for hydroxylation is 1. The molecule has 0 aliphatic carbocycles. The number of carbonyl (C=O) groups is 1. The van der Waals surface area contributed by atoms with Crippen LogP contribution >= 0.6 is 35.0 Å². The summed E-state index contributed by atoms with van der Waals surface area (Å²) in [5.74, 6) is 1.12. The summed E-state index contributed by atoms with van der Waals surface area (Å²) in [6, 6.07) is 18.8. The molecule has 4 rings (SSSR count). The maximum Gasteiger partial charge on any atom is 0.266 e. The fraction of sp³-hybridized carbons (Fsp3) is 0.214. The number of carbonyl (C=O) groups excluding carboxylic acids is 1. The molecular weight excluding hydrogens is 515 g/mol. The first-order valence-electron chi connectivity index (χ1n) is 11.6. The van der Waals surface area contributed by atoms with Crippen LogP contribution in [-0.4, -0.2) is 29.1 Å². The minimum absolute atomic E-state index is 0.0657. The van der Waals surface area contributed by atoms with Gasteiger partial charge in [0.25, 0.3) is 5.91 Å². The number of amidine groups is 1. The van der Waals surface area contributed by atoms with Crippen LogP contribution in [0.1, 0.15) is 30.5 Å². The van der Waals surface area contributed by atoms with Crippen molar-refractivity contribution in [2.24, 2.45) is 4.99 Å². The standard InChI is InChI=1S/C28H26Cl2N2O3S/c1-4-32-27(33)26(36-28(32)31-22-11-6-18(3)7-12-22)15-19-8-13-24(25(14-19)34-5-2)35-17-20-9-10-21(29)16-23(20)30/h6-16H,4-5,17H2,1-3H3/b26-15+,31-28?. The Morgan fingerprint density at radius 3 is 2.44 bits per heavy atom. The van der Waals surface area contributed by atoms with Crippen LogP contribution in [-0.2, 0) is 11.4 Å². The van der Waals surface area contributed by atoms with Crippen molar-refractivity contribution in [3.8, 4) is 11.5 Å². The summed E-state index contributed by atoms with van der Waals surface area (Å²) in [6.07, 6.45) is 1.86. The molecule has 0 radical (unpaired) electrons. The van der Waals surface area contributed by atoms with Crippen molar-refractivity contribution in [3.63, 3.8) is 0 Å². The van der Waals surface area contributed by atoms with Crippen molar-refractivity contribution >= 4 is 57.8 Å². The Morgan fingerprint density at radius 1 is 0.972 bits per heavy atom. The Bertz CT molecular complexity index is 1320. The van der Waals surface area contributed by atoms with Crippen molar-refractivity contribution in [1.29, 1.82) is 0 Å². The van der Waals surface area contributed by atoms with Gasteiger partial charge in [-0.2, -0.15) is 0 Å². The third kappa shape index (κ3) is 6.25. The van der Waals surface area contributed by atoms with Gasteiger partial charge in [0, 0.05) is 22.2 Å². The van der Waals surface area contributed by atoms with E-state index >= 15 is 0 Å². The molecule has 0 spiro atoms. The van der Waals surface area contributed by atoms with E-state index in [1.807, 2.05) is 75.4 Å². The van der Waals surface area contributed by atoms with Crippen LogP contribution in [0.3, 0.4) is 0 Å². The van der Waals surface area contributed by atoms with Crippen LogP contribution in [0.15, 0.2) is 70.6 Å². The Hall–Kier alpha value is -2.93. The van der Waals surface area contributed by atoms with Gasteiger partial charge in [0.1, 0.15) is 6.61 Å². The summed E-state index contributed by atoms with van der Waals surface area (Å²) >= 11 is 13.6. The maximum absolute atomic E-state index is 13.1. The molecule has 0 unspecified atom stereocenters. The maximum atomic E-state index is 13.1. The summed E-state index contributed by atoms with van der Waals surface area (Å²) in [5, 5.41) is 1.79. The van der Waals surface area contributed by atoms with E-state index in [1.54, 1.807) is 17.0 Å². The van der Waals surface area contributed by atoms with Gasteiger partial charge in [-0.1, -0.05) is 53.0 Å². The largest absolute Gasteiger partial charge is 0.490 e. The number of amides is 1. The summed E-state index contributed by atoms with van der Waals surface area (Å²) in [4.78, 5) is 20.1. The zero-order valence-corrected chi connectivity index (χ0v) is 22.6. The average Bonchev–Trinajstić information content (AvgIpc) is 3.14. The molecule has 5 nitrogen and oxygen atoms in total. The number of thioether (sulfide) groups is 1. The van der Waals surface area contributed by atoms with Gasteiger partial charge in [0.2, 0.25) is 0 Å². The van der Waals surface area contributed by atoms with Crippen LogP contribution in [0.5, 0.6) is 11.5 Å². The number of halogens is 2. The van der Waals surface area contributed by atoms with Crippen molar-refractivity contribution in [2.75, 3.05) is 13.2 Å². The van der Waals surface area contributed by atoms with E-state index < -0.39 is 0 Å². The molecule has 36 heavy (non-hydrogen) atoms. The molecule has 1 fully saturated rings. The van der Waals surface area contributed by atoms with Gasteiger partial charge < -0.3 is 9.47 Å². The Labute approximate surface area is 225 Å². The molecule has 186 valence electrons. The second kappa shape index (κ2) is 11.9. The SMILES string of the molecule is CCOc1cc(/C=C2/SC(=Nc3ccc(C)cc3)N(CC)C2=O)ccc1OCc1ccc(Cl)cc1Cl. The molecule has 3 aromatic carbocycles. The highest BCUT2D eigenvalue weighted by molar-refractivity contribution is 8.18. The second-order valence-corrected chi connectivity index (χ2v) is 9.91. The van der Waals surface area contributed by atoms with Gasteiger partial charge in [-0.25, -0.2) is 4.99 Å². The predicted octanol–water partition coefficient (Wildman–Crippen LogP) is 7.90. The topological polar surface area (TPSA) is 51.1 Å². The van der Waals surface area contributed by atoms with Gasteiger partial charge in [-0.3, -0.25) is 9.69 Å². The number of hydrogen-bond acceptors (Lipinski definition) is 5. The first-order valence-corrected chi connectivity index (χ1v) is 13.2. The van der Waals surface area contributed by atoms with Crippen molar-refractivity contribution in [3.05, 3.63) is 92.3 Å². The van der Waals surface area contributed by atoms with E-state index in [2.05, 4.69) is 0 Å². The quantitative estimate of drug-likeness (QED) is 0.272. The van der Waals surface area contributed by atoms with Crippen LogP contribution in [0.25, 0.3) is 6.08 Å². The Balaban J connectivity index is 1.56. The zero-order chi connectivity index (χ0) is 25.7. The molecular formula is C28H26Cl2N2O3S. The van der Waals surface area contributed by atoms with Gasteiger partial charge in [0.05, 0.1) is 17.2 Å². The van der Waals surface area contributed by atoms with Crippen molar-refractivity contribution < 1.29 is 14.3 Å². The van der Waals surface area contributed by atoms with Gasteiger partial charge in [0.15, 0.2) is 16.7 Å². The van der Waals surface area contributed by atoms with Crippen LogP contribution in [0.4, 0.5) is 5.69 Å². The van der Waals surface area contributed by atoms with E-state index in [-0.39, 0.29) is 12.5 Å². The molecule has 1 heterocycles. The van der Waals surface area contributed by atoms with E-state index in [0.717, 1.165) is 22.4 Å². The molecule has 1 aliphatic rings. The first kappa shape index (κ1) is 26.1. The fourth-order valence-electron chi connectivity index (χ4n) is 3.55. The number of nitrogens with zero attached hydrogens (tertiary/aromatic N) is 2. The number of benzene rings is 3. The van der Waals surface area contributed by atoms with Crippen molar-refractivity contribution in [2.45, 2.75) is 27.4 Å². The van der Waals surface area contributed by atoms with Gasteiger partial charge in [-0.15, -0.1) is 0 Å². The van der Waals surface area contributed by atoms with Crippen LogP contribution in [0, 0.1) is 6.92 Å². The van der Waals surface area contributed by atoms with Crippen LogP contribution in [0.2, 0.25) is 10.0 Å². The minimum Gasteiger partial charge on any atom is -0.490 e. The molecule has 3 aromatic rings. The molecule has 0 aromatic heterocycles. The summed E-state index contributed by atoms with van der Waals surface area (Å²) in [7, 11) is 0. The van der Waals surface area contributed by atoms with E-state index in [0.29, 0.717) is 44.8 Å². The van der Waals surface area contributed by atoms with E-state index in [9.17, 15) is 4.79 Å². The smallest absolute Gasteiger partial charge is 0.266 e. The lowest BCUT2D eigenvalue weighted by molar-refractivity contribution is -0.122. The molecule has 1 saturated heterocycles. The van der Waals surface area contributed by atoms with Crippen molar-refractivity contribution in [1.82, 2.24) is 4.90 Å². The summed E-state index contributed by atoms with van der Waals surface area (Å²) in [5.41, 5.74) is 3.63. The number of likely N-dealkylation sites (N-methyl/N-ethyl adjacent to an activating group) is 1. The number of hydrogen-bond donors (Lipinski definition) is 0. The molecule has 8 heteroatoms. The molecule has 0 atom stereocenters. The van der Waals surface area contributed by atoms with E-state index in [4.69, 9.17) is 37.7 Å². The van der Waals surface area contributed by atoms with E-state index in [1.165, 1.54) is 11.8 Å². The zero-order valence-electron chi connectivity index (χ0n) is 20.3. The Morgan fingerprint density at radius 2 is 1.75 bits per heavy atom. The monoisotopic (exact) mass is 540 g/mol. The molecule has 0 N–H and O–H groups in total. The predicted molar refractivity (Wildman–Crippen MR) is 150 cm³/mol. The lowest BCUT2D eigenvalue weighted by Crippen LogP contribution is -2.28. The van der Waals surface area contributed by atoms with Gasteiger partial charge >= 0.3 is 0 Å². The van der Waals surface area contributed by atoms with Crippen LogP contribution < -0.4 is 9.47 Å². The third-order valence-corrected chi connectivity index (χ3v) is 7.02. The highest BCUT2D eigenvalue weighted by Crippen LogP contribution is 2.36. The second-order valence-electron chi connectivity index (χ2n) is 8.05. The molecule has 0 bridgehead atoms. The molecule has 1 aliphatic heterocycles. The highest BCUT2D eigenvalue weighted by Gasteiger charge is 2.32. The minimum atomic E-state index is -0.0657.